The summed E-state index contributed by atoms with van der Waals surface area (Å²) in [6.07, 6.45) is 3.62. The lowest BCUT2D eigenvalue weighted by Gasteiger charge is -2.29. The molecule has 0 aliphatic carbocycles. The Hall–Kier alpha value is -1.41. The summed E-state index contributed by atoms with van der Waals surface area (Å²) in [7, 11) is 0. The molecule has 2 saturated heterocycles. The summed E-state index contributed by atoms with van der Waals surface area (Å²) in [4.78, 5) is 15.0. The molecule has 0 N–H and O–H groups in total. The summed E-state index contributed by atoms with van der Waals surface area (Å²) >= 11 is 0. The molecule has 0 amide bonds. The average molecular weight is 356 g/mol. The van der Waals surface area contributed by atoms with Crippen molar-refractivity contribution in [2.75, 3.05) is 32.8 Å². The minimum absolute atomic E-state index is 0.111. The first-order valence-corrected chi connectivity index (χ1v) is 9.36. The number of hydrazone groups is 1. The normalized spacial score (nSPS) is 25.8. The number of nitrogens with zero attached hydrogens (tertiary/aromatic N) is 4. The van der Waals surface area contributed by atoms with Crippen LogP contribution in [0.25, 0.3) is 0 Å². The fourth-order valence-electron chi connectivity index (χ4n) is 3.63. The molecule has 2 unspecified atom stereocenters. The van der Waals surface area contributed by atoms with Gasteiger partial charge in [0.05, 0.1) is 12.2 Å². The molecule has 0 radical (unpaired) electrons. The van der Waals surface area contributed by atoms with Crippen molar-refractivity contribution in [2.45, 2.75) is 65.2 Å². The van der Waals surface area contributed by atoms with Crippen molar-refractivity contribution in [3.05, 3.63) is 10.1 Å². The minimum Gasteiger partial charge on any atom is -0.375 e. The molecule has 0 aromatic heterocycles. The van der Waals surface area contributed by atoms with Crippen molar-refractivity contribution < 1.29 is 14.5 Å². The van der Waals surface area contributed by atoms with Gasteiger partial charge in [0.1, 0.15) is 11.3 Å². The van der Waals surface area contributed by atoms with E-state index in [1.807, 2.05) is 16.7 Å². The van der Waals surface area contributed by atoms with E-state index >= 15 is 0 Å². The molecule has 144 valence electrons. The Balaban J connectivity index is 2.05. The third-order valence-electron chi connectivity index (χ3n) is 4.80. The molecule has 8 heteroatoms. The highest BCUT2D eigenvalue weighted by atomic mass is 16.7. The molecular formula is C17H32N4O4. The summed E-state index contributed by atoms with van der Waals surface area (Å²) in [6.45, 7) is 11.9. The molecule has 8 nitrogen and oxygen atoms in total. The zero-order chi connectivity index (χ0) is 18.4. The quantitative estimate of drug-likeness (QED) is 0.359. The van der Waals surface area contributed by atoms with Gasteiger partial charge in [-0.2, -0.15) is 0 Å². The van der Waals surface area contributed by atoms with Crippen LogP contribution in [0.15, 0.2) is 5.10 Å². The van der Waals surface area contributed by atoms with Crippen LogP contribution in [0.2, 0.25) is 0 Å². The van der Waals surface area contributed by atoms with Crippen LogP contribution in [0.1, 0.15) is 53.4 Å². The van der Waals surface area contributed by atoms with Crippen LogP contribution in [0, 0.1) is 16.0 Å². The minimum atomic E-state index is -0.603. The maximum atomic E-state index is 11.1. The summed E-state index contributed by atoms with van der Waals surface area (Å²) in [5, 5.41) is 14.1. The van der Waals surface area contributed by atoms with Gasteiger partial charge in [0.15, 0.2) is 5.03 Å². The zero-order valence-corrected chi connectivity index (χ0v) is 15.9. The van der Waals surface area contributed by atoms with Crippen molar-refractivity contribution in [1.82, 2.24) is 9.80 Å². The van der Waals surface area contributed by atoms with Gasteiger partial charge in [0, 0.05) is 32.2 Å². The van der Waals surface area contributed by atoms with Gasteiger partial charge in [-0.1, -0.05) is 20.3 Å². The fourth-order valence-corrected chi connectivity index (χ4v) is 3.63. The van der Waals surface area contributed by atoms with E-state index in [0.29, 0.717) is 31.6 Å². The van der Waals surface area contributed by atoms with Crippen LogP contribution < -0.4 is 0 Å². The van der Waals surface area contributed by atoms with Crippen molar-refractivity contribution in [3.8, 4) is 0 Å². The van der Waals surface area contributed by atoms with Gasteiger partial charge in [-0.15, -0.1) is 0 Å². The summed E-state index contributed by atoms with van der Waals surface area (Å²) in [5.41, 5.74) is -0.111. The second-order valence-corrected chi connectivity index (χ2v) is 7.51. The number of guanidine groups is 1. The largest absolute Gasteiger partial charge is 0.375 e. The summed E-state index contributed by atoms with van der Waals surface area (Å²) in [5.74, 6) is 0.797. The maximum absolute atomic E-state index is 11.1. The van der Waals surface area contributed by atoms with Crippen LogP contribution in [0.4, 0.5) is 0 Å². The number of ether oxygens (including phenoxy) is 2. The monoisotopic (exact) mass is 356 g/mol. The van der Waals surface area contributed by atoms with E-state index in [4.69, 9.17) is 9.47 Å². The first-order chi connectivity index (χ1) is 11.9. The lowest BCUT2D eigenvalue weighted by molar-refractivity contribution is -0.486. The number of hydrogen-bond donors (Lipinski definition) is 0. The number of unbranched alkanes of at least 4 members (excludes halogenated alkanes) is 1. The third kappa shape index (κ3) is 5.54. The molecule has 2 fully saturated rings. The third-order valence-corrected chi connectivity index (χ3v) is 4.80. The van der Waals surface area contributed by atoms with E-state index < -0.39 is 5.03 Å². The van der Waals surface area contributed by atoms with Crippen LogP contribution in [-0.2, 0) is 9.47 Å². The van der Waals surface area contributed by atoms with Crippen LogP contribution >= 0.6 is 0 Å². The predicted octanol–water partition coefficient (Wildman–Crippen LogP) is 2.52. The van der Waals surface area contributed by atoms with Crippen LogP contribution in [0.5, 0.6) is 0 Å². The smallest absolute Gasteiger partial charge is 0.276 e. The SMILES string of the molecule is CCCCOC(CC)N1CCN(CC2COC(C)(C)C2)C1=N[N+](=O)[O-]. The predicted molar refractivity (Wildman–Crippen MR) is 95.8 cm³/mol. The average Bonchev–Trinajstić information content (AvgIpc) is 3.07. The van der Waals surface area contributed by atoms with Gasteiger partial charge in [0.25, 0.3) is 5.96 Å². The van der Waals surface area contributed by atoms with Crippen LogP contribution in [0.3, 0.4) is 0 Å². The topological polar surface area (TPSA) is 80.4 Å². The van der Waals surface area contributed by atoms with Crippen LogP contribution in [-0.4, -0.2) is 65.5 Å². The number of rotatable bonds is 9. The highest BCUT2D eigenvalue weighted by Gasteiger charge is 2.38. The first-order valence-electron chi connectivity index (χ1n) is 9.36. The van der Waals surface area contributed by atoms with Gasteiger partial charge < -0.3 is 19.3 Å². The van der Waals surface area contributed by atoms with E-state index in [1.54, 1.807) is 0 Å². The Morgan fingerprint density at radius 2 is 2.20 bits per heavy atom. The molecule has 2 rings (SSSR count). The van der Waals surface area contributed by atoms with Gasteiger partial charge >= 0.3 is 0 Å². The zero-order valence-electron chi connectivity index (χ0n) is 15.9. The Kier molecular flexibility index (Phi) is 7.01. The molecular weight excluding hydrogens is 324 g/mol. The van der Waals surface area contributed by atoms with Gasteiger partial charge in [-0.3, -0.25) is 0 Å². The maximum Gasteiger partial charge on any atom is 0.276 e. The second-order valence-electron chi connectivity index (χ2n) is 7.51. The number of hydrogen-bond acceptors (Lipinski definition) is 4. The number of nitro groups is 1. The van der Waals surface area contributed by atoms with Crippen molar-refractivity contribution in [1.29, 1.82) is 0 Å². The van der Waals surface area contributed by atoms with Gasteiger partial charge in [-0.05, 0) is 33.1 Å². The van der Waals surface area contributed by atoms with E-state index in [2.05, 4.69) is 25.9 Å². The lowest BCUT2D eigenvalue weighted by atomic mass is 9.97. The Morgan fingerprint density at radius 1 is 1.44 bits per heavy atom. The molecule has 0 aromatic rings. The Bertz CT molecular complexity index is 483. The van der Waals surface area contributed by atoms with E-state index in [0.717, 1.165) is 38.8 Å². The molecule has 0 bridgehead atoms. The van der Waals surface area contributed by atoms with Crippen molar-refractivity contribution >= 4 is 5.96 Å². The van der Waals surface area contributed by atoms with E-state index in [9.17, 15) is 10.1 Å². The molecule has 2 atom stereocenters. The summed E-state index contributed by atoms with van der Waals surface area (Å²) in [6, 6.07) is 0. The molecule has 2 aliphatic heterocycles. The van der Waals surface area contributed by atoms with Crippen molar-refractivity contribution in [2.24, 2.45) is 11.0 Å². The second kappa shape index (κ2) is 8.80. The Morgan fingerprint density at radius 3 is 2.76 bits per heavy atom. The molecule has 2 aliphatic rings. The molecule has 2 heterocycles. The standard InChI is InChI=1S/C17H32N4O4/c1-5-7-10-24-15(6-2)20-9-8-19(16(20)18-21(22)23)12-14-11-17(3,4)25-13-14/h14-15H,5-13H2,1-4H3. The van der Waals surface area contributed by atoms with Crippen molar-refractivity contribution in [3.63, 3.8) is 0 Å². The van der Waals surface area contributed by atoms with Gasteiger partial charge in [0.2, 0.25) is 0 Å². The molecule has 25 heavy (non-hydrogen) atoms. The Labute approximate surface area is 150 Å². The summed E-state index contributed by atoms with van der Waals surface area (Å²) < 4.78 is 11.8. The first kappa shape index (κ1) is 19.9. The highest BCUT2D eigenvalue weighted by Crippen LogP contribution is 2.30. The molecule has 0 aromatic carbocycles. The van der Waals surface area contributed by atoms with E-state index in [1.165, 1.54) is 0 Å². The molecule has 0 spiro atoms. The lowest BCUT2D eigenvalue weighted by Crippen LogP contribution is -2.43. The van der Waals surface area contributed by atoms with Gasteiger partial charge in [-0.25, -0.2) is 10.1 Å². The molecule has 0 saturated carbocycles. The fraction of sp³-hybridized carbons (Fsp3) is 0.941. The highest BCUT2D eigenvalue weighted by molar-refractivity contribution is 5.81. The van der Waals surface area contributed by atoms with E-state index in [-0.39, 0.29) is 11.8 Å².